The van der Waals surface area contributed by atoms with Gasteiger partial charge in [0.15, 0.2) is 0 Å². The minimum Gasteiger partial charge on any atom is -0.283 e. The quantitative estimate of drug-likeness (QED) is 0.721. The molecule has 1 aromatic rings. The van der Waals surface area contributed by atoms with Gasteiger partial charge in [-0.1, -0.05) is 37.3 Å². The molecule has 0 aromatic heterocycles. The SMILES string of the molecule is CCN1CCN(CC#N)C1c1ccccc1. The molecule has 0 aliphatic carbocycles. The van der Waals surface area contributed by atoms with Crippen LogP contribution in [0.1, 0.15) is 18.7 Å². The molecule has 1 unspecified atom stereocenters. The topological polar surface area (TPSA) is 30.3 Å². The van der Waals surface area contributed by atoms with Crippen LogP contribution in [0.3, 0.4) is 0 Å². The molecule has 0 spiro atoms. The minimum atomic E-state index is 0.283. The first kappa shape index (κ1) is 11.1. The summed E-state index contributed by atoms with van der Waals surface area (Å²) < 4.78 is 0. The first-order chi connectivity index (χ1) is 7.86. The maximum Gasteiger partial charge on any atom is 0.0895 e. The molecule has 2 rings (SSSR count). The van der Waals surface area contributed by atoms with Gasteiger partial charge in [0.1, 0.15) is 0 Å². The fraction of sp³-hybridized carbons (Fsp3) is 0.462. The summed E-state index contributed by atoms with van der Waals surface area (Å²) in [6.45, 7) is 5.75. The Balaban J connectivity index is 2.23. The van der Waals surface area contributed by atoms with Crippen LogP contribution >= 0.6 is 0 Å². The van der Waals surface area contributed by atoms with Crippen LogP contribution in [0, 0.1) is 11.3 Å². The highest BCUT2D eigenvalue weighted by molar-refractivity contribution is 5.20. The number of nitriles is 1. The van der Waals surface area contributed by atoms with Crippen molar-refractivity contribution in [2.45, 2.75) is 13.1 Å². The Labute approximate surface area is 96.9 Å². The van der Waals surface area contributed by atoms with E-state index < -0.39 is 0 Å². The van der Waals surface area contributed by atoms with Crippen molar-refractivity contribution in [1.82, 2.24) is 9.80 Å². The molecule has 1 heterocycles. The summed E-state index contributed by atoms with van der Waals surface area (Å²) in [5.41, 5.74) is 1.29. The molecule has 0 radical (unpaired) electrons. The number of nitrogens with zero attached hydrogens (tertiary/aromatic N) is 3. The molecule has 1 atom stereocenters. The summed E-state index contributed by atoms with van der Waals surface area (Å²) >= 11 is 0. The lowest BCUT2D eigenvalue weighted by Gasteiger charge is -2.28. The van der Waals surface area contributed by atoms with E-state index >= 15 is 0 Å². The molecule has 0 saturated carbocycles. The lowest BCUT2D eigenvalue weighted by molar-refractivity contribution is 0.156. The largest absolute Gasteiger partial charge is 0.283 e. The van der Waals surface area contributed by atoms with Crippen molar-refractivity contribution in [1.29, 1.82) is 5.26 Å². The monoisotopic (exact) mass is 215 g/mol. The summed E-state index contributed by atoms with van der Waals surface area (Å²) in [4.78, 5) is 4.64. The summed E-state index contributed by atoms with van der Waals surface area (Å²) in [6, 6.07) is 12.7. The molecule has 3 heteroatoms. The highest BCUT2D eigenvalue weighted by Crippen LogP contribution is 2.28. The predicted octanol–water partition coefficient (Wildman–Crippen LogP) is 1.85. The van der Waals surface area contributed by atoms with Crippen molar-refractivity contribution in [3.8, 4) is 6.07 Å². The van der Waals surface area contributed by atoms with Crippen molar-refractivity contribution < 1.29 is 0 Å². The van der Waals surface area contributed by atoms with Gasteiger partial charge in [0.25, 0.3) is 0 Å². The highest BCUT2D eigenvalue weighted by atomic mass is 15.4. The number of rotatable bonds is 3. The van der Waals surface area contributed by atoms with Crippen LogP contribution in [-0.2, 0) is 0 Å². The smallest absolute Gasteiger partial charge is 0.0895 e. The lowest BCUT2D eigenvalue weighted by atomic mass is 10.1. The third-order valence-corrected chi connectivity index (χ3v) is 3.14. The van der Waals surface area contributed by atoms with Crippen molar-refractivity contribution in [2.24, 2.45) is 0 Å². The average molecular weight is 215 g/mol. The Hall–Kier alpha value is -1.37. The van der Waals surface area contributed by atoms with Gasteiger partial charge in [-0.15, -0.1) is 0 Å². The number of likely N-dealkylation sites (N-methyl/N-ethyl adjacent to an activating group) is 1. The number of hydrogen-bond acceptors (Lipinski definition) is 3. The second-order valence-electron chi connectivity index (χ2n) is 4.04. The standard InChI is InChI=1S/C13H17N3/c1-2-15-10-11-16(9-8-14)13(15)12-6-4-3-5-7-12/h3-7,13H,2,9-11H2,1H3. The average Bonchev–Trinajstić information content (AvgIpc) is 2.74. The van der Waals surface area contributed by atoms with Crippen LogP contribution in [0.5, 0.6) is 0 Å². The maximum atomic E-state index is 8.84. The lowest BCUT2D eigenvalue weighted by Crippen LogP contribution is -2.31. The molecule has 1 aromatic carbocycles. The van der Waals surface area contributed by atoms with Gasteiger partial charge in [-0.25, -0.2) is 0 Å². The summed E-state index contributed by atoms with van der Waals surface area (Å²) in [7, 11) is 0. The van der Waals surface area contributed by atoms with Gasteiger partial charge in [-0.3, -0.25) is 9.80 Å². The second kappa shape index (κ2) is 5.11. The van der Waals surface area contributed by atoms with Crippen molar-refractivity contribution in [3.05, 3.63) is 35.9 Å². The van der Waals surface area contributed by atoms with Crippen molar-refractivity contribution >= 4 is 0 Å². The molecule has 84 valence electrons. The van der Waals surface area contributed by atoms with E-state index in [0.29, 0.717) is 6.54 Å². The Kier molecular flexibility index (Phi) is 3.55. The van der Waals surface area contributed by atoms with Crippen LogP contribution in [0.2, 0.25) is 0 Å². The Morgan fingerprint density at radius 2 is 1.94 bits per heavy atom. The molecule has 0 N–H and O–H groups in total. The van der Waals surface area contributed by atoms with Crippen LogP contribution < -0.4 is 0 Å². The molecular formula is C13H17N3. The molecule has 0 bridgehead atoms. The van der Waals surface area contributed by atoms with Crippen LogP contribution in [0.25, 0.3) is 0 Å². The molecule has 1 fully saturated rings. The molecule has 1 aliphatic rings. The maximum absolute atomic E-state index is 8.84. The van der Waals surface area contributed by atoms with E-state index in [1.165, 1.54) is 5.56 Å². The van der Waals surface area contributed by atoms with Crippen molar-refractivity contribution in [2.75, 3.05) is 26.2 Å². The van der Waals surface area contributed by atoms with Gasteiger partial charge in [0.2, 0.25) is 0 Å². The molecule has 1 saturated heterocycles. The van der Waals surface area contributed by atoms with E-state index in [2.05, 4.69) is 47.1 Å². The van der Waals surface area contributed by atoms with Crippen LogP contribution in [0.4, 0.5) is 0 Å². The first-order valence-corrected chi connectivity index (χ1v) is 5.76. The van der Waals surface area contributed by atoms with Crippen LogP contribution in [-0.4, -0.2) is 36.0 Å². The fourth-order valence-corrected chi connectivity index (χ4v) is 2.37. The Morgan fingerprint density at radius 3 is 2.56 bits per heavy atom. The Bertz CT molecular complexity index is 369. The predicted molar refractivity (Wildman–Crippen MR) is 63.6 cm³/mol. The summed E-state index contributed by atoms with van der Waals surface area (Å²) in [6.07, 6.45) is 0.283. The fourth-order valence-electron chi connectivity index (χ4n) is 2.37. The molecule has 3 nitrogen and oxygen atoms in total. The zero-order chi connectivity index (χ0) is 11.4. The summed E-state index contributed by atoms with van der Waals surface area (Å²) in [5, 5.41) is 8.84. The number of benzene rings is 1. The van der Waals surface area contributed by atoms with Gasteiger partial charge < -0.3 is 0 Å². The third kappa shape index (κ3) is 2.08. The summed E-state index contributed by atoms with van der Waals surface area (Å²) in [5.74, 6) is 0. The van der Waals surface area contributed by atoms with Crippen molar-refractivity contribution in [3.63, 3.8) is 0 Å². The highest BCUT2D eigenvalue weighted by Gasteiger charge is 2.31. The van der Waals surface area contributed by atoms with E-state index in [-0.39, 0.29) is 6.17 Å². The van der Waals surface area contributed by atoms with E-state index in [1.807, 2.05) is 6.07 Å². The van der Waals surface area contributed by atoms with E-state index in [0.717, 1.165) is 19.6 Å². The van der Waals surface area contributed by atoms with Gasteiger partial charge in [0, 0.05) is 13.1 Å². The third-order valence-electron chi connectivity index (χ3n) is 3.14. The molecular weight excluding hydrogens is 198 g/mol. The van der Waals surface area contributed by atoms with Crippen LogP contribution in [0.15, 0.2) is 30.3 Å². The van der Waals surface area contributed by atoms with Gasteiger partial charge in [-0.05, 0) is 12.1 Å². The van der Waals surface area contributed by atoms with E-state index in [4.69, 9.17) is 5.26 Å². The first-order valence-electron chi connectivity index (χ1n) is 5.76. The molecule has 16 heavy (non-hydrogen) atoms. The van der Waals surface area contributed by atoms with Gasteiger partial charge in [0.05, 0.1) is 18.8 Å². The minimum absolute atomic E-state index is 0.283. The number of hydrogen-bond donors (Lipinski definition) is 0. The molecule has 1 aliphatic heterocycles. The van der Waals surface area contributed by atoms with Gasteiger partial charge >= 0.3 is 0 Å². The molecule has 0 amide bonds. The zero-order valence-electron chi connectivity index (χ0n) is 9.63. The second-order valence-corrected chi connectivity index (χ2v) is 4.04. The Morgan fingerprint density at radius 1 is 1.25 bits per heavy atom. The zero-order valence-corrected chi connectivity index (χ0v) is 9.63. The van der Waals surface area contributed by atoms with Gasteiger partial charge in [-0.2, -0.15) is 5.26 Å². The normalized spacial score (nSPS) is 22.1. The van der Waals surface area contributed by atoms with E-state index in [1.54, 1.807) is 0 Å². The van der Waals surface area contributed by atoms with E-state index in [9.17, 15) is 0 Å².